The molecular weight excluding hydrogens is 408 g/mol. The first-order valence-corrected chi connectivity index (χ1v) is 11.0. The monoisotopic (exact) mass is 430 g/mol. The molecule has 0 spiro atoms. The largest absolute Gasteiger partial charge is 0.308 e. The summed E-state index contributed by atoms with van der Waals surface area (Å²) in [6.07, 6.45) is 2.01. The average molecular weight is 431 g/mol. The molecule has 0 N–H and O–H groups in total. The molecule has 1 amide bonds. The zero-order valence-corrected chi connectivity index (χ0v) is 18.3. The van der Waals surface area contributed by atoms with Crippen molar-refractivity contribution < 1.29 is 9.72 Å². The molecule has 2 aromatic carbocycles. The Morgan fingerprint density at radius 1 is 1.24 bits per heavy atom. The molecule has 0 aliphatic heterocycles. The van der Waals surface area contributed by atoms with Crippen molar-refractivity contribution in [3.63, 3.8) is 0 Å². The van der Waals surface area contributed by atoms with Crippen LogP contribution in [0.1, 0.15) is 15.9 Å². The lowest BCUT2D eigenvalue weighted by atomic mass is 10.1. The number of fused-ring (bicyclic) bond motifs is 1. The molecule has 0 saturated heterocycles. The number of rotatable bonds is 7. The summed E-state index contributed by atoms with van der Waals surface area (Å²) in [5.41, 5.74) is 1.46. The highest BCUT2D eigenvalue weighted by atomic mass is 32.2. The number of carbonyl (C=O) groups excluding carboxylic acids is 1. The number of nitro groups is 1. The third kappa shape index (κ3) is 4.58. The molecule has 0 unspecified atom stereocenters. The van der Waals surface area contributed by atoms with Crippen molar-refractivity contribution >= 4 is 50.0 Å². The summed E-state index contributed by atoms with van der Waals surface area (Å²) in [5.74, 6) is -0.280. The van der Waals surface area contributed by atoms with E-state index in [2.05, 4.69) is 11.1 Å². The highest BCUT2D eigenvalue weighted by molar-refractivity contribution is 7.98. The summed E-state index contributed by atoms with van der Waals surface area (Å²) < 4.78 is 1.00. The third-order valence-corrected chi connectivity index (χ3v) is 6.33. The maximum atomic E-state index is 13.4. The van der Waals surface area contributed by atoms with Crippen molar-refractivity contribution in [1.82, 2.24) is 9.88 Å². The lowest BCUT2D eigenvalue weighted by Gasteiger charge is -2.22. The molecule has 3 aromatic rings. The van der Waals surface area contributed by atoms with Gasteiger partial charge in [0.15, 0.2) is 5.13 Å². The second-order valence-electron chi connectivity index (χ2n) is 6.80. The van der Waals surface area contributed by atoms with Gasteiger partial charge in [0.25, 0.3) is 11.6 Å². The Morgan fingerprint density at radius 2 is 2.00 bits per heavy atom. The van der Waals surface area contributed by atoms with Crippen LogP contribution < -0.4 is 4.90 Å². The molecule has 3 rings (SSSR count). The number of aromatic nitrogens is 1. The first-order valence-electron chi connectivity index (χ1n) is 8.97. The summed E-state index contributed by atoms with van der Waals surface area (Å²) in [5, 5.41) is 11.9. The molecule has 0 saturated carbocycles. The van der Waals surface area contributed by atoms with Crippen LogP contribution in [0.2, 0.25) is 0 Å². The maximum absolute atomic E-state index is 13.4. The van der Waals surface area contributed by atoms with Crippen LogP contribution in [0, 0.1) is 17.0 Å². The summed E-state index contributed by atoms with van der Waals surface area (Å²) >= 11 is 3.11. The van der Waals surface area contributed by atoms with E-state index in [1.807, 2.05) is 37.4 Å². The number of likely N-dealkylation sites (N-methyl/N-ethyl adjacent to an activating group) is 1. The predicted molar refractivity (Wildman–Crippen MR) is 119 cm³/mol. The Morgan fingerprint density at radius 3 is 2.66 bits per heavy atom. The van der Waals surface area contributed by atoms with Gasteiger partial charge in [0.1, 0.15) is 0 Å². The lowest BCUT2D eigenvalue weighted by molar-refractivity contribution is -0.385. The van der Waals surface area contributed by atoms with Gasteiger partial charge >= 0.3 is 0 Å². The topological polar surface area (TPSA) is 79.6 Å². The van der Waals surface area contributed by atoms with Crippen molar-refractivity contribution in [2.75, 3.05) is 38.3 Å². The Kier molecular flexibility index (Phi) is 6.51. The quantitative estimate of drug-likeness (QED) is 0.313. The molecule has 7 nitrogen and oxygen atoms in total. The van der Waals surface area contributed by atoms with E-state index in [0.717, 1.165) is 15.1 Å². The Balaban J connectivity index is 2.05. The van der Waals surface area contributed by atoms with E-state index in [1.165, 1.54) is 17.4 Å². The van der Waals surface area contributed by atoms with Crippen LogP contribution in [0.5, 0.6) is 0 Å². The van der Waals surface area contributed by atoms with E-state index in [-0.39, 0.29) is 11.6 Å². The summed E-state index contributed by atoms with van der Waals surface area (Å²) in [4.78, 5) is 33.6. The number of amides is 1. The molecule has 0 fully saturated rings. The first-order chi connectivity index (χ1) is 13.8. The van der Waals surface area contributed by atoms with Gasteiger partial charge in [-0.1, -0.05) is 17.4 Å². The van der Waals surface area contributed by atoms with E-state index in [9.17, 15) is 14.9 Å². The smallest absolute Gasteiger partial charge is 0.273 e. The number of nitrogens with zero attached hydrogens (tertiary/aromatic N) is 4. The van der Waals surface area contributed by atoms with E-state index in [1.54, 1.807) is 35.7 Å². The zero-order chi connectivity index (χ0) is 21.1. The van der Waals surface area contributed by atoms with Crippen LogP contribution in [0.15, 0.2) is 41.3 Å². The average Bonchev–Trinajstić information content (AvgIpc) is 3.10. The Labute approximate surface area is 177 Å². The van der Waals surface area contributed by atoms with E-state index >= 15 is 0 Å². The van der Waals surface area contributed by atoms with Crippen LogP contribution >= 0.6 is 23.1 Å². The van der Waals surface area contributed by atoms with E-state index < -0.39 is 4.92 Å². The zero-order valence-electron chi connectivity index (χ0n) is 16.7. The number of anilines is 1. The molecule has 29 heavy (non-hydrogen) atoms. The van der Waals surface area contributed by atoms with Crippen molar-refractivity contribution in [3.8, 4) is 0 Å². The van der Waals surface area contributed by atoms with Gasteiger partial charge in [0, 0.05) is 35.2 Å². The molecular formula is C20H22N4O3S2. The first kappa shape index (κ1) is 21.2. The van der Waals surface area contributed by atoms with Gasteiger partial charge in [-0.15, -0.1) is 11.8 Å². The van der Waals surface area contributed by atoms with Gasteiger partial charge in [-0.2, -0.15) is 0 Å². The summed E-state index contributed by atoms with van der Waals surface area (Å²) in [6, 6.07) is 10.6. The molecule has 1 heterocycles. The van der Waals surface area contributed by atoms with Crippen molar-refractivity contribution in [2.24, 2.45) is 0 Å². The standard InChI is InChI=1S/C20H22N4O3S2/c1-13-15(6-5-7-17(13)24(26)27)19(25)23(11-10-22(2)3)20-21-16-9-8-14(28-4)12-18(16)29-20/h5-9,12H,10-11H2,1-4H3. The minimum atomic E-state index is -0.460. The molecule has 9 heteroatoms. The number of thiazole rings is 1. The fraction of sp³-hybridized carbons (Fsp3) is 0.300. The normalized spacial score (nSPS) is 11.2. The van der Waals surface area contributed by atoms with Crippen molar-refractivity contribution in [2.45, 2.75) is 11.8 Å². The van der Waals surface area contributed by atoms with Gasteiger partial charge in [-0.3, -0.25) is 19.8 Å². The van der Waals surface area contributed by atoms with Gasteiger partial charge in [0.05, 0.1) is 15.1 Å². The third-order valence-electron chi connectivity index (χ3n) is 4.56. The molecule has 1 aromatic heterocycles. The molecule has 152 valence electrons. The van der Waals surface area contributed by atoms with Crippen LogP contribution in [0.4, 0.5) is 10.8 Å². The highest BCUT2D eigenvalue weighted by Crippen LogP contribution is 2.33. The number of hydrogen-bond acceptors (Lipinski definition) is 7. The SMILES string of the molecule is CSc1ccc2nc(N(CCN(C)C)C(=O)c3cccc([N+](=O)[O-])c3C)sc2c1. The van der Waals surface area contributed by atoms with Gasteiger partial charge in [-0.05, 0) is 51.5 Å². The summed E-state index contributed by atoms with van der Waals surface area (Å²) in [6.45, 7) is 2.69. The van der Waals surface area contributed by atoms with Gasteiger partial charge < -0.3 is 4.90 Å². The second kappa shape index (κ2) is 8.89. The molecule has 0 aliphatic carbocycles. The number of benzene rings is 2. The Bertz CT molecular complexity index is 1070. The fourth-order valence-electron chi connectivity index (χ4n) is 2.92. The lowest BCUT2D eigenvalue weighted by Crippen LogP contribution is -2.37. The molecule has 0 aliphatic rings. The van der Waals surface area contributed by atoms with Gasteiger partial charge in [0.2, 0.25) is 0 Å². The number of hydrogen-bond donors (Lipinski definition) is 0. The van der Waals surface area contributed by atoms with E-state index in [4.69, 9.17) is 0 Å². The van der Waals surface area contributed by atoms with Crippen LogP contribution in [-0.4, -0.2) is 54.2 Å². The van der Waals surface area contributed by atoms with Crippen molar-refractivity contribution in [1.29, 1.82) is 0 Å². The minimum absolute atomic E-state index is 0.0580. The number of nitro benzene ring substituents is 1. The van der Waals surface area contributed by atoms with Crippen LogP contribution in [-0.2, 0) is 0 Å². The fourth-order valence-corrected chi connectivity index (χ4v) is 4.46. The highest BCUT2D eigenvalue weighted by Gasteiger charge is 2.25. The second-order valence-corrected chi connectivity index (χ2v) is 8.69. The predicted octanol–water partition coefficient (Wildman–Crippen LogP) is 4.44. The number of thioether (sulfide) groups is 1. The molecule has 0 atom stereocenters. The maximum Gasteiger partial charge on any atom is 0.273 e. The number of carbonyl (C=O) groups is 1. The van der Waals surface area contributed by atoms with Crippen LogP contribution in [0.25, 0.3) is 10.2 Å². The molecule has 0 bridgehead atoms. The summed E-state index contributed by atoms with van der Waals surface area (Å²) in [7, 11) is 3.87. The van der Waals surface area contributed by atoms with Crippen molar-refractivity contribution in [3.05, 3.63) is 57.6 Å². The van der Waals surface area contributed by atoms with Crippen LogP contribution in [0.3, 0.4) is 0 Å². The molecule has 0 radical (unpaired) electrons. The Hall–Kier alpha value is -2.49. The van der Waals surface area contributed by atoms with E-state index in [0.29, 0.717) is 29.3 Å². The van der Waals surface area contributed by atoms with Gasteiger partial charge in [-0.25, -0.2) is 4.98 Å². The minimum Gasteiger partial charge on any atom is -0.308 e.